The third kappa shape index (κ3) is 3.46. The van der Waals surface area contributed by atoms with Crippen LogP contribution in [0.5, 0.6) is 5.75 Å². The van der Waals surface area contributed by atoms with E-state index in [4.69, 9.17) is 4.74 Å². The summed E-state index contributed by atoms with van der Waals surface area (Å²) in [6.45, 7) is 4.69. The Morgan fingerprint density at radius 2 is 2.35 bits per heavy atom. The fourth-order valence-corrected chi connectivity index (χ4v) is 1.67. The van der Waals surface area contributed by atoms with Gasteiger partial charge in [-0.15, -0.1) is 0 Å². The van der Waals surface area contributed by atoms with Gasteiger partial charge in [-0.25, -0.2) is 0 Å². The summed E-state index contributed by atoms with van der Waals surface area (Å²) in [6.07, 6.45) is 0. The number of rotatable bonds is 5. The summed E-state index contributed by atoms with van der Waals surface area (Å²) in [6, 6.07) is 7.89. The molecule has 0 radical (unpaired) electrons. The smallest absolute Gasteiger partial charge is 0.225 e. The summed E-state index contributed by atoms with van der Waals surface area (Å²) in [5.74, 6) is 1.12. The Kier molecular flexibility index (Phi) is 3.98. The first-order valence-electron chi connectivity index (χ1n) is 5.93. The maximum atomic E-state index is 11.5. The average molecular weight is 234 g/mol. The fraction of sp³-hybridized carbons (Fsp3) is 0.462. The maximum Gasteiger partial charge on any atom is 0.225 e. The molecule has 1 fully saturated rings. The second-order valence-corrected chi connectivity index (χ2v) is 4.31. The molecule has 4 nitrogen and oxygen atoms in total. The van der Waals surface area contributed by atoms with Crippen molar-refractivity contribution < 1.29 is 9.53 Å². The van der Waals surface area contributed by atoms with Crippen molar-refractivity contribution in [2.45, 2.75) is 6.92 Å². The summed E-state index contributed by atoms with van der Waals surface area (Å²) in [7, 11) is 0. The lowest BCUT2D eigenvalue weighted by Gasteiger charge is -2.25. The van der Waals surface area contributed by atoms with Gasteiger partial charge in [0.15, 0.2) is 0 Å². The van der Waals surface area contributed by atoms with E-state index in [9.17, 15) is 4.79 Å². The lowest BCUT2D eigenvalue weighted by atomic mass is 10.0. The first-order valence-corrected chi connectivity index (χ1v) is 5.93. The zero-order valence-corrected chi connectivity index (χ0v) is 10.0. The minimum absolute atomic E-state index is 0.122. The molecule has 0 unspecified atom stereocenters. The SMILES string of the molecule is Cc1cccc(OCCNC(=O)C2CNC2)c1. The fourth-order valence-electron chi connectivity index (χ4n) is 1.67. The van der Waals surface area contributed by atoms with Crippen LogP contribution in [0.25, 0.3) is 0 Å². The van der Waals surface area contributed by atoms with Crippen LogP contribution in [0.4, 0.5) is 0 Å². The van der Waals surface area contributed by atoms with Crippen molar-refractivity contribution in [3.63, 3.8) is 0 Å². The Hall–Kier alpha value is -1.55. The predicted molar refractivity (Wildman–Crippen MR) is 66.0 cm³/mol. The largest absolute Gasteiger partial charge is 0.492 e. The molecule has 1 aliphatic rings. The molecule has 1 aliphatic heterocycles. The molecule has 1 aromatic rings. The van der Waals surface area contributed by atoms with Gasteiger partial charge in [-0.1, -0.05) is 12.1 Å². The number of carbonyl (C=O) groups is 1. The Labute approximate surface area is 101 Å². The first-order chi connectivity index (χ1) is 8.25. The van der Waals surface area contributed by atoms with Gasteiger partial charge in [-0.2, -0.15) is 0 Å². The van der Waals surface area contributed by atoms with Gasteiger partial charge >= 0.3 is 0 Å². The van der Waals surface area contributed by atoms with Crippen molar-refractivity contribution in [3.05, 3.63) is 29.8 Å². The molecule has 4 heteroatoms. The third-order valence-corrected chi connectivity index (χ3v) is 2.81. The highest BCUT2D eigenvalue weighted by Crippen LogP contribution is 2.11. The van der Waals surface area contributed by atoms with E-state index < -0.39 is 0 Å². The van der Waals surface area contributed by atoms with E-state index in [0.717, 1.165) is 18.8 Å². The summed E-state index contributed by atoms with van der Waals surface area (Å²) in [5, 5.41) is 5.94. The Morgan fingerprint density at radius 1 is 1.53 bits per heavy atom. The molecule has 17 heavy (non-hydrogen) atoms. The van der Waals surface area contributed by atoms with E-state index in [2.05, 4.69) is 10.6 Å². The quantitative estimate of drug-likeness (QED) is 0.738. The van der Waals surface area contributed by atoms with Gasteiger partial charge in [-0.3, -0.25) is 4.79 Å². The summed E-state index contributed by atoms with van der Waals surface area (Å²) in [5.41, 5.74) is 1.17. The molecule has 1 amide bonds. The maximum absolute atomic E-state index is 11.5. The lowest BCUT2D eigenvalue weighted by molar-refractivity contribution is -0.126. The van der Waals surface area contributed by atoms with Crippen LogP contribution in [0.2, 0.25) is 0 Å². The lowest BCUT2D eigenvalue weighted by Crippen LogP contribution is -2.51. The molecule has 0 bridgehead atoms. The van der Waals surface area contributed by atoms with Gasteiger partial charge in [0, 0.05) is 13.1 Å². The summed E-state index contributed by atoms with van der Waals surface area (Å²) in [4.78, 5) is 11.5. The molecule has 92 valence electrons. The number of benzene rings is 1. The molecule has 1 saturated heterocycles. The van der Waals surface area contributed by atoms with Gasteiger partial charge in [0.1, 0.15) is 12.4 Å². The van der Waals surface area contributed by atoms with Crippen LogP contribution < -0.4 is 15.4 Å². The molecule has 1 heterocycles. The molecular formula is C13H18N2O2. The summed E-state index contributed by atoms with van der Waals surface area (Å²) >= 11 is 0. The highest BCUT2D eigenvalue weighted by Gasteiger charge is 2.23. The van der Waals surface area contributed by atoms with E-state index >= 15 is 0 Å². The van der Waals surface area contributed by atoms with Gasteiger partial charge in [0.2, 0.25) is 5.91 Å². The molecule has 0 aromatic heterocycles. The third-order valence-electron chi connectivity index (χ3n) is 2.81. The van der Waals surface area contributed by atoms with E-state index in [1.54, 1.807) is 0 Å². The first kappa shape index (κ1) is 11.9. The minimum Gasteiger partial charge on any atom is -0.492 e. The van der Waals surface area contributed by atoms with Crippen LogP contribution in [0, 0.1) is 12.8 Å². The van der Waals surface area contributed by atoms with Crippen LogP contribution in [0.1, 0.15) is 5.56 Å². The molecule has 2 N–H and O–H groups in total. The van der Waals surface area contributed by atoms with Gasteiger partial charge in [-0.05, 0) is 24.6 Å². The van der Waals surface area contributed by atoms with E-state index in [-0.39, 0.29) is 11.8 Å². The van der Waals surface area contributed by atoms with Gasteiger partial charge in [0.25, 0.3) is 0 Å². The summed E-state index contributed by atoms with van der Waals surface area (Å²) < 4.78 is 5.54. The average Bonchev–Trinajstić information content (AvgIpc) is 2.22. The van der Waals surface area contributed by atoms with E-state index in [1.807, 2.05) is 31.2 Å². The highest BCUT2D eigenvalue weighted by atomic mass is 16.5. The molecule has 0 atom stereocenters. The van der Waals surface area contributed by atoms with Crippen LogP contribution in [-0.2, 0) is 4.79 Å². The molecule has 2 rings (SSSR count). The van der Waals surface area contributed by atoms with E-state index in [1.165, 1.54) is 5.56 Å². The van der Waals surface area contributed by atoms with Crippen LogP contribution >= 0.6 is 0 Å². The molecule has 0 aliphatic carbocycles. The van der Waals surface area contributed by atoms with Gasteiger partial charge < -0.3 is 15.4 Å². The molecule has 0 spiro atoms. The number of ether oxygens (including phenoxy) is 1. The van der Waals surface area contributed by atoms with Crippen molar-refractivity contribution in [2.75, 3.05) is 26.2 Å². The molecule has 1 aromatic carbocycles. The second-order valence-electron chi connectivity index (χ2n) is 4.31. The Bertz CT molecular complexity index is 389. The number of hydrogen-bond acceptors (Lipinski definition) is 3. The standard InChI is InChI=1S/C13H18N2O2/c1-10-3-2-4-12(7-10)17-6-5-15-13(16)11-8-14-9-11/h2-4,7,11,14H,5-6,8-9H2,1H3,(H,15,16). The van der Waals surface area contributed by atoms with E-state index in [0.29, 0.717) is 13.2 Å². The normalized spacial score (nSPS) is 15.1. The topological polar surface area (TPSA) is 50.4 Å². The second kappa shape index (κ2) is 5.68. The highest BCUT2D eigenvalue weighted by molar-refractivity contribution is 5.79. The van der Waals surface area contributed by atoms with Crippen LogP contribution in [0.15, 0.2) is 24.3 Å². The number of carbonyl (C=O) groups excluding carboxylic acids is 1. The van der Waals surface area contributed by atoms with Gasteiger partial charge in [0.05, 0.1) is 12.5 Å². The van der Waals surface area contributed by atoms with Crippen LogP contribution in [0.3, 0.4) is 0 Å². The minimum atomic E-state index is 0.122. The zero-order valence-electron chi connectivity index (χ0n) is 10.0. The number of nitrogens with one attached hydrogen (secondary N) is 2. The predicted octanol–water partition coefficient (Wildman–Crippen LogP) is 0.709. The van der Waals surface area contributed by atoms with Crippen molar-refractivity contribution >= 4 is 5.91 Å². The zero-order chi connectivity index (χ0) is 12.1. The van der Waals surface area contributed by atoms with Crippen LogP contribution in [-0.4, -0.2) is 32.1 Å². The Balaban J connectivity index is 1.64. The van der Waals surface area contributed by atoms with Crippen molar-refractivity contribution in [3.8, 4) is 5.75 Å². The monoisotopic (exact) mass is 234 g/mol. The van der Waals surface area contributed by atoms with Crippen molar-refractivity contribution in [1.29, 1.82) is 0 Å². The van der Waals surface area contributed by atoms with Crippen molar-refractivity contribution in [2.24, 2.45) is 5.92 Å². The Morgan fingerprint density at radius 3 is 3.00 bits per heavy atom. The molecular weight excluding hydrogens is 216 g/mol. The van der Waals surface area contributed by atoms with Crippen molar-refractivity contribution in [1.82, 2.24) is 10.6 Å². The number of amides is 1. The molecule has 0 saturated carbocycles. The number of hydrogen-bond donors (Lipinski definition) is 2. The number of aryl methyl sites for hydroxylation is 1.